The van der Waals surface area contributed by atoms with Gasteiger partial charge in [-0.05, 0) is 47.2 Å². The third kappa shape index (κ3) is 3.34. The van der Waals surface area contributed by atoms with Crippen molar-refractivity contribution < 1.29 is 0 Å². The van der Waals surface area contributed by atoms with E-state index in [4.69, 9.17) is 0 Å². The lowest BCUT2D eigenvalue weighted by Gasteiger charge is -2.39. The minimum absolute atomic E-state index is 0.207. The van der Waals surface area contributed by atoms with E-state index in [1.807, 2.05) is 0 Å². The van der Waals surface area contributed by atoms with Crippen molar-refractivity contribution in [3.8, 4) is 0 Å². The predicted molar refractivity (Wildman–Crippen MR) is 72.5 cm³/mol. The van der Waals surface area contributed by atoms with Crippen molar-refractivity contribution in [3.63, 3.8) is 0 Å². The Morgan fingerprint density at radius 2 is 1.88 bits per heavy atom. The van der Waals surface area contributed by atoms with Crippen molar-refractivity contribution in [2.24, 2.45) is 5.92 Å². The molecule has 0 N–H and O–H groups in total. The van der Waals surface area contributed by atoms with Crippen LogP contribution in [0.15, 0.2) is 36.5 Å². The molecule has 0 unspecified atom stereocenters. The van der Waals surface area contributed by atoms with E-state index in [9.17, 15) is 0 Å². The average molecular weight is 219 g/mol. The van der Waals surface area contributed by atoms with Crippen LogP contribution in [0.3, 0.4) is 0 Å². The summed E-state index contributed by atoms with van der Waals surface area (Å²) in [6, 6.07) is 0. The second-order valence-corrected chi connectivity index (χ2v) is 5.43. The van der Waals surface area contributed by atoms with Crippen LogP contribution in [0.2, 0.25) is 0 Å². The normalized spacial score (nSPS) is 16.3. The largest absolute Gasteiger partial charge is 0.300 e. The second-order valence-electron chi connectivity index (χ2n) is 5.43. The summed E-state index contributed by atoms with van der Waals surface area (Å²) in [6.45, 7) is 11.8. The fraction of sp³-hybridized carbons (Fsp3) is 0.600. The number of hydrogen-bond donors (Lipinski definition) is 0. The maximum atomic E-state index is 3.95. The van der Waals surface area contributed by atoms with Crippen molar-refractivity contribution in [2.45, 2.75) is 39.2 Å². The van der Waals surface area contributed by atoms with Crippen LogP contribution < -0.4 is 0 Å². The Morgan fingerprint density at radius 3 is 2.38 bits per heavy atom. The first-order valence-electron chi connectivity index (χ1n) is 6.15. The van der Waals surface area contributed by atoms with Crippen molar-refractivity contribution in [3.05, 3.63) is 36.5 Å². The highest BCUT2D eigenvalue weighted by Gasteiger charge is 2.30. The van der Waals surface area contributed by atoms with Crippen molar-refractivity contribution in [1.82, 2.24) is 4.90 Å². The fourth-order valence-corrected chi connectivity index (χ4v) is 2.06. The molecule has 1 aliphatic rings. The molecular weight excluding hydrogens is 194 g/mol. The van der Waals surface area contributed by atoms with Gasteiger partial charge in [-0.25, -0.2) is 0 Å². The van der Waals surface area contributed by atoms with Gasteiger partial charge in [0.2, 0.25) is 0 Å². The van der Waals surface area contributed by atoms with Gasteiger partial charge in [-0.3, -0.25) is 0 Å². The van der Waals surface area contributed by atoms with Crippen molar-refractivity contribution in [1.29, 1.82) is 0 Å². The van der Waals surface area contributed by atoms with Crippen LogP contribution in [0.5, 0.6) is 0 Å². The zero-order chi connectivity index (χ0) is 12.2. The van der Waals surface area contributed by atoms with Crippen LogP contribution in [-0.4, -0.2) is 24.0 Å². The molecule has 1 aliphatic carbocycles. The summed E-state index contributed by atoms with van der Waals surface area (Å²) in [6.07, 6.45) is 11.2. The van der Waals surface area contributed by atoms with Crippen LogP contribution in [-0.2, 0) is 0 Å². The highest BCUT2D eigenvalue weighted by molar-refractivity contribution is 5.22. The minimum Gasteiger partial charge on any atom is -0.300 e. The molecule has 0 atom stereocenters. The zero-order valence-electron chi connectivity index (χ0n) is 11.2. The van der Waals surface area contributed by atoms with Crippen LogP contribution >= 0.6 is 0 Å². The van der Waals surface area contributed by atoms with E-state index in [0.717, 1.165) is 13.0 Å². The Balaban J connectivity index is 2.45. The number of nitrogens with zero attached hydrogens (tertiary/aromatic N) is 1. The summed E-state index contributed by atoms with van der Waals surface area (Å²) in [5.74, 6) is 0.544. The third-order valence-corrected chi connectivity index (χ3v) is 3.64. The number of rotatable bonds is 6. The van der Waals surface area contributed by atoms with Gasteiger partial charge in [0.25, 0.3) is 0 Å². The molecule has 1 heteroatoms. The van der Waals surface area contributed by atoms with Gasteiger partial charge in [-0.2, -0.15) is 0 Å². The molecular formula is C15H25N. The van der Waals surface area contributed by atoms with Gasteiger partial charge in [0.05, 0.1) is 0 Å². The maximum Gasteiger partial charge on any atom is 0.0247 e. The molecule has 0 aromatic heterocycles. The molecule has 0 spiro atoms. The van der Waals surface area contributed by atoms with Gasteiger partial charge in [-0.1, -0.05) is 29.9 Å². The Hall–Kier alpha value is -0.820. The summed E-state index contributed by atoms with van der Waals surface area (Å²) in [5, 5.41) is 0. The lowest BCUT2D eigenvalue weighted by Crippen LogP contribution is -2.46. The summed E-state index contributed by atoms with van der Waals surface area (Å²) in [7, 11) is 2.22. The smallest absolute Gasteiger partial charge is 0.0247 e. The minimum atomic E-state index is 0.207. The second kappa shape index (κ2) is 5.49. The standard InChI is InChI=1S/C15H25N/c1-13(2)9-8-12-16(5)15(3,4)14-10-6-7-11-14/h6-7,10-11,14H,1,8-9,12H2,2-5H3. The molecule has 0 saturated heterocycles. The Morgan fingerprint density at radius 1 is 1.31 bits per heavy atom. The van der Waals surface area contributed by atoms with Gasteiger partial charge < -0.3 is 4.90 Å². The first kappa shape index (κ1) is 13.2. The van der Waals surface area contributed by atoms with Crippen LogP contribution in [0, 0.1) is 5.92 Å². The zero-order valence-corrected chi connectivity index (χ0v) is 11.2. The van der Waals surface area contributed by atoms with E-state index < -0.39 is 0 Å². The first-order valence-corrected chi connectivity index (χ1v) is 6.15. The Bertz CT molecular complexity index is 285. The molecule has 0 heterocycles. The molecule has 16 heavy (non-hydrogen) atoms. The van der Waals surface area contributed by atoms with Gasteiger partial charge in [-0.15, -0.1) is 6.58 Å². The van der Waals surface area contributed by atoms with Crippen LogP contribution in [0.4, 0.5) is 0 Å². The monoisotopic (exact) mass is 219 g/mol. The molecule has 0 aliphatic heterocycles. The summed E-state index contributed by atoms with van der Waals surface area (Å²) < 4.78 is 0. The van der Waals surface area contributed by atoms with Crippen molar-refractivity contribution in [2.75, 3.05) is 13.6 Å². The lowest BCUT2D eigenvalue weighted by atomic mass is 9.87. The molecule has 0 fully saturated rings. The summed E-state index contributed by atoms with van der Waals surface area (Å²) in [4.78, 5) is 2.46. The van der Waals surface area contributed by atoms with Gasteiger partial charge in [0.1, 0.15) is 0 Å². The highest BCUT2D eigenvalue weighted by atomic mass is 15.2. The highest BCUT2D eigenvalue weighted by Crippen LogP contribution is 2.28. The van der Waals surface area contributed by atoms with Gasteiger partial charge >= 0.3 is 0 Å². The number of allylic oxidation sites excluding steroid dienone is 3. The van der Waals surface area contributed by atoms with E-state index in [1.165, 1.54) is 12.0 Å². The quantitative estimate of drug-likeness (QED) is 0.614. The molecule has 0 aromatic carbocycles. The Kier molecular flexibility index (Phi) is 4.55. The van der Waals surface area contributed by atoms with Gasteiger partial charge in [0, 0.05) is 11.5 Å². The van der Waals surface area contributed by atoms with E-state index in [0.29, 0.717) is 5.92 Å². The lowest BCUT2D eigenvalue weighted by molar-refractivity contribution is 0.129. The summed E-state index contributed by atoms with van der Waals surface area (Å²) >= 11 is 0. The molecule has 1 nitrogen and oxygen atoms in total. The molecule has 0 bridgehead atoms. The van der Waals surface area contributed by atoms with Crippen LogP contribution in [0.1, 0.15) is 33.6 Å². The van der Waals surface area contributed by atoms with E-state index in [1.54, 1.807) is 0 Å². The first-order chi connectivity index (χ1) is 7.44. The SMILES string of the molecule is C=C(C)CCCN(C)C(C)(C)C1C=CC=C1. The predicted octanol–water partition coefficient (Wildman–Crippen LogP) is 3.80. The van der Waals surface area contributed by atoms with E-state index in [2.05, 4.69) is 63.6 Å². The van der Waals surface area contributed by atoms with Crippen molar-refractivity contribution >= 4 is 0 Å². The average Bonchev–Trinajstić information content (AvgIpc) is 2.69. The Labute approximate surface area is 101 Å². The molecule has 0 saturated carbocycles. The molecule has 0 amide bonds. The number of hydrogen-bond acceptors (Lipinski definition) is 1. The molecule has 1 rings (SSSR count). The molecule has 0 aromatic rings. The third-order valence-electron chi connectivity index (χ3n) is 3.64. The summed E-state index contributed by atoms with van der Waals surface area (Å²) in [5.41, 5.74) is 1.49. The topological polar surface area (TPSA) is 3.24 Å². The van der Waals surface area contributed by atoms with E-state index in [-0.39, 0.29) is 5.54 Å². The molecule has 90 valence electrons. The fourth-order valence-electron chi connectivity index (χ4n) is 2.06. The van der Waals surface area contributed by atoms with E-state index >= 15 is 0 Å². The van der Waals surface area contributed by atoms with Crippen LogP contribution in [0.25, 0.3) is 0 Å². The maximum absolute atomic E-state index is 3.95. The molecule has 0 radical (unpaired) electrons. The van der Waals surface area contributed by atoms with Gasteiger partial charge in [0.15, 0.2) is 0 Å².